The smallest absolute Gasteiger partial charge is 0.312 e. The summed E-state index contributed by atoms with van der Waals surface area (Å²) in [6.07, 6.45) is 1.18. The number of nitrogens with zero attached hydrogens (tertiary/aromatic N) is 1. The van der Waals surface area contributed by atoms with Crippen molar-refractivity contribution in [3.05, 3.63) is 107 Å². The lowest BCUT2D eigenvalue weighted by atomic mass is 9.53. The summed E-state index contributed by atoms with van der Waals surface area (Å²) in [5.74, 6) is -0.968. The zero-order chi connectivity index (χ0) is 24.6. The predicted octanol–water partition coefficient (Wildman–Crippen LogP) is 5.78. The van der Waals surface area contributed by atoms with E-state index in [2.05, 4.69) is 43.0 Å². The molecule has 0 radical (unpaired) electrons. The van der Waals surface area contributed by atoms with E-state index in [1.54, 1.807) is 0 Å². The van der Waals surface area contributed by atoms with Crippen molar-refractivity contribution in [1.82, 2.24) is 4.90 Å². The van der Waals surface area contributed by atoms with Crippen LogP contribution in [0.4, 0.5) is 0 Å². The monoisotopic (exact) mass is 469 g/mol. The first kappa shape index (κ1) is 23.8. The number of carbonyl (C=O) groups is 1. The van der Waals surface area contributed by atoms with Crippen LogP contribution in [0.3, 0.4) is 0 Å². The maximum atomic E-state index is 13.3. The van der Waals surface area contributed by atoms with Crippen LogP contribution < -0.4 is 0 Å². The SMILES string of the molecule is CC(C)c1ccc(C2(O)CCC(c3ccccc3)C3(C(=O)O)CN(Cc4ccccc4)CC23)cc1. The lowest BCUT2D eigenvalue weighted by molar-refractivity contribution is -0.169. The molecule has 4 atom stereocenters. The van der Waals surface area contributed by atoms with Crippen molar-refractivity contribution in [1.29, 1.82) is 0 Å². The molecule has 0 spiro atoms. The van der Waals surface area contributed by atoms with Gasteiger partial charge in [0.05, 0.1) is 11.0 Å². The quantitative estimate of drug-likeness (QED) is 0.481. The van der Waals surface area contributed by atoms with Gasteiger partial charge in [-0.1, -0.05) is 98.8 Å². The van der Waals surface area contributed by atoms with Crippen molar-refractivity contribution in [3.63, 3.8) is 0 Å². The molecule has 4 heteroatoms. The zero-order valence-corrected chi connectivity index (χ0v) is 20.6. The van der Waals surface area contributed by atoms with Crippen LogP contribution in [0, 0.1) is 11.3 Å². The third kappa shape index (κ3) is 4.09. The maximum absolute atomic E-state index is 13.3. The number of hydrogen-bond donors (Lipinski definition) is 2. The lowest BCUT2D eigenvalue weighted by Gasteiger charge is -2.51. The topological polar surface area (TPSA) is 60.8 Å². The summed E-state index contributed by atoms with van der Waals surface area (Å²) in [6.45, 7) is 5.96. The molecule has 1 saturated heterocycles. The van der Waals surface area contributed by atoms with Crippen molar-refractivity contribution in [3.8, 4) is 0 Å². The number of carboxylic acids is 1. The van der Waals surface area contributed by atoms with Crippen LogP contribution >= 0.6 is 0 Å². The van der Waals surface area contributed by atoms with Gasteiger partial charge in [-0.2, -0.15) is 0 Å². The third-order valence-corrected chi connectivity index (χ3v) is 8.49. The molecule has 2 fully saturated rings. The van der Waals surface area contributed by atoms with E-state index in [9.17, 15) is 15.0 Å². The van der Waals surface area contributed by atoms with Gasteiger partial charge in [0, 0.05) is 31.5 Å². The molecule has 5 rings (SSSR count). The van der Waals surface area contributed by atoms with Crippen molar-refractivity contribution in [2.24, 2.45) is 11.3 Å². The van der Waals surface area contributed by atoms with Crippen LogP contribution in [-0.4, -0.2) is 34.2 Å². The Balaban J connectivity index is 1.59. The highest BCUT2D eigenvalue weighted by Gasteiger charge is 2.66. The second kappa shape index (κ2) is 9.25. The Kier molecular flexibility index (Phi) is 6.29. The molecule has 2 aliphatic rings. The maximum Gasteiger partial charge on any atom is 0.312 e. The predicted molar refractivity (Wildman–Crippen MR) is 138 cm³/mol. The van der Waals surface area contributed by atoms with Gasteiger partial charge in [-0.25, -0.2) is 0 Å². The fourth-order valence-electron chi connectivity index (χ4n) is 6.67. The number of aliphatic carboxylic acids is 1. The van der Waals surface area contributed by atoms with Gasteiger partial charge in [-0.3, -0.25) is 9.69 Å². The first-order chi connectivity index (χ1) is 16.8. The van der Waals surface area contributed by atoms with Gasteiger partial charge >= 0.3 is 5.97 Å². The molecule has 2 N–H and O–H groups in total. The van der Waals surface area contributed by atoms with Gasteiger partial charge in [0.1, 0.15) is 0 Å². The molecule has 0 amide bonds. The summed E-state index contributed by atoms with van der Waals surface area (Å²) in [6, 6.07) is 28.5. The Morgan fingerprint density at radius 3 is 2.20 bits per heavy atom. The van der Waals surface area contributed by atoms with E-state index in [0.29, 0.717) is 38.4 Å². The molecule has 182 valence electrons. The zero-order valence-electron chi connectivity index (χ0n) is 20.6. The first-order valence-electron chi connectivity index (χ1n) is 12.7. The summed E-state index contributed by atoms with van der Waals surface area (Å²) < 4.78 is 0. The highest BCUT2D eigenvalue weighted by Crippen LogP contribution is 2.61. The van der Waals surface area contributed by atoms with E-state index < -0.39 is 22.9 Å². The summed E-state index contributed by atoms with van der Waals surface area (Å²) in [5.41, 5.74) is 2.01. The number of carboxylic acid groups (broad SMARTS) is 1. The minimum atomic E-state index is -1.19. The molecule has 0 aromatic heterocycles. The minimum Gasteiger partial charge on any atom is -0.481 e. The van der Waals surface area contributed by atoms with Gasteiger partial charge in [0.15, 0.2) is 0 Å². The molecule has 3 aromatic carbocycles. The average Bonchev–Trinajstić information content (AvgIpc) is 3.27. The largest absolute Gasteiger partial charge is 0.481 e. The van der Waals surface area contributed by atoms with E-state index >= 15 is 0 Å². The van der Waals surface area contributed by atoms with Gasteiger partial charge < -0.3 is 10.2 Å². The number of hydrogen-bond acceptors (Lipinski definition) is 3. The Morgan fingerprint density at radius 2 is 1.60 bits per heavy atom. The molecule has 1 heterocycles. The standard InChI is InChI=1S/C31H35NO3/c1-22(2)24-13-15-26(16-14-24)31(35)18-17-27(25-11-7-4-8-12-25)30(29(33)34)21-32(20-28(30)31)19-23-9-5-3-6-10-23/h3-16,22,27-28,35H,17-21H2,1-2H3,(H,33,34). The Bertz CT molecular complexity index is 1160. The Hall–Kier alpha value is -2.95. The molecule has 35 heavy (non-hydrogen) atoms. The molecule has 1 saturated carbocycles. The van der Waals surface area contributed by atoms with E-state index in [-0.39, 0.29) is 5.92 Å². The fraction of sp³-hybridized carbons (Fsp3) is 0.387. The number of rotatable bonds is 6. The molecule has 3 aromatic rings. The van der Waals surface area contributed by atoms with Gasteiger partial charge in [-0.05, 0) is 41.0 Å². The van der Waals surface area contributed by atoms with E-state index in [1.807, 2.05) is 60.7 Å². The molecule has 1 aliphatic heterocycles. The van der Waals surface area contributed by atoms with Crippen molar-refractivity contribution in [2.45, 2.75) is 50.7 Å². The summed E-state index contributed by atoms with van der Waals surface area (Å²) in [4.78, 5) is 15.5. The summed E-state index contributed by atoms with van der Waals surface area (Å²) in [7, 11) is 0. The van der Waals surface area contributed by atoms with E-state index in [1.165, 1.54) is 5.56 Å². The van der Waals surface area contributed by atoms with Crippen LogP contribution in [0.1, 0.15) is 60.8 Å². The van der Waals surface area contributed by atoms with Crippen LogP contribution in [0.5, 0.6) is 0 Å². The first-order valence-corrected chi connectivity index (χ1v) is 12.7. The third-order valence-electron chi connectivity index (χ3n) is 8.49. The highest BCUT2D eigenvalue weighted by atomic mass is 16.4. The molecular formula is C31H35NO3. The lowest BCUT2D eigenvalue weighted by Crippen LogP contribution is -2.56. The van der Waals surface area contributed by atoms with Crippen LogP contribution in [0.25, 0.3) is 0 Å². The van der Waals surface area contributed by atoms with Gasteiger partial charge in [0.25, 0.3) is 0 Å². The Labute approximate surface area is 208 Å². The molecule has 0 bridgehead atoms. The number of likely N-dealkylation sites (tertiary alicyclic amines) is 1. The number of aliphatic hydroxyl groups is 1. The second-order valence-electron chi connectivity index (χ2n) is 10.8. The average molecular weight is 470 g/mol. The van der Waals surface area contributed by atoms with E-state index in [0.717, 1.165) is 16.7 Å². The molecule has 4 unspecified atom stereocenters. The van der Waals surface area contributed by atoms with Crippen molar-refractivity contribution < 1.29 is 15.0 Å². The number of benzene rings is 3. The normalized spacial score (nSPS) is 28.7. The van der Waals surface area contributed by atoms with Gasteiger partial charge in [-0.15, -0.1) is 0 Å². The van der Waals surface area contributed by atoms with Crippen LogP contribution in [0.15, 0.2) is 84.9 Å². The highest BCUT2D eigenvalue weighted by molar-refractivity contribution is 5.78. The second-order valence-corrected chi connectivity index (χ2v) is 10.8. The fourth-order valence-corrected chi connectivity index (χ4v) is 6.67. The van der Waals surface area contributed by atoms with E-state index in [4.69, 9.17) is 0 Å². The van der Waals surface area contributed by atoms with Crippen LogP contribution in [-0.2, 0) is 16.9 Å². The van der Waals surface area contributed by atoms with Crippen molar-refractivity contribution >= 4 is 5.97 Å². The summed E-state index contributed by atoms with van der Waals surface area (Å²) in [5, 5.41) is 23.2. The Morgan fingerprint density at radius 1 is 0.971 bits per heavy atom. The van der Waals surface area contributed by atoms with Crippen LogP contribution in [0.2, 0.25) is 0 Å². The van der Waals surface area contributed by atoms with Gasteiger partial charge in [0.2, 0.25) is 0 Å². The number of fused-ring (bicyclic) bond motifs is 1. The molecule has 4 nitrogen and oxygen atoms in total. The summed E-state index contributed by atoms with van der Waals surface area (Å²) >= 11 is 0. The molecular weight excluding hydrogens is 434 g/mol. The van der Waals surface area contributed by atoms with Crippen molar-refractivity contribution in [2.75, 3.05) is 13.1 Å². The molecule has 1 aliphatic carbocycles. The minimum absolute atomic E-state index is 0.151.